The van der Waals surface area contributed by atoms with E-state index in [4.69, 9.17) is 4.74 Å². The van der Waals surface area contributed by atoms with Crippen molar-refractivity contribution in [1.82, 2.24) is 9.55 Å². The van der Waals surface area contributed by atoms with E-state index in [2.05, 4.69) is 16.5 Å². The number of aryl methyl sites for hydroxylation is 1. The molecule has 0 bridgehead atoms. The zero-order valence-corrected chi connectivity index (χ0v) is 16.0. The van der Waals surface area contributed by atoms with E-state index in [1.54, 1.807) is 6.08 Å². The smallest absolute Gasteiger partial charge is 0.349 e. The summed E-state index contributed by atoms with van der Waals surface area (Å²) < 4.78 is 8.66. The number of aromatic nitrogens is 2. The number of para-hydroxylation sites is 1. The van der Waals surface area contributed by atoms with Gasteiger partial charge in [-0.05, 0) is 56.5 Å². The molecule has 27 heavy (non-hydrogen) atoms. The maximum absolute atomic E-state index is 12.4. The van der Waals surface area contributed by atoms with Gasteiger partial charge in [0.05, 0.1) is 10.2 Å². The van der Waals surface area contributed by atoms with Crippen LogP contribution in [0.3, 0.4) is 0 Å². The first-order chi connectivity index (χ1) is 13.1. The summed E-state index contributed by atoms with van der Waals surface area (Å²) >= 11 is 1.49. The lowest BCUT2D eigenvalue weighted by Crippen LogP contribution is -2.07. The van der Waals surface area contributed by atoms with Gasteiger partial charge in [0.1, 0.15) is 23.3 Å². The van der Waals surface area contributed by atoms with Crippen LogP contribution in [0.2, 0.25) is 0 Å². The largest absolute Gasteiger partial charge is 0.454 e. The van der Waals surface area contributed by atoms with Gasteiger partial charge in [-0.25, -0.2) is 9.78 Å². The van der Waals surface area contributed by atoms with Crippen LogP contribution in [0.15, 0.2) is 35.9 Å². The third kappa shape index (κ3) is 3.51. The number of esters is 1. The molecule has 0 radical (unpaired) electrons. The quantitative estimate of drug-likeness (QED) is 0.367. The highest BCUT2D eigenvalue weighted by atomic mass is 32.1. The van der Waals surface area contributed by atoms with Gasteiger partial charge >= 0.3 is 5.97 Å². The fourth-order valence-corrected chi connectivity index (χ4v) is 4.20. The monoisotopic (exact) mass is 377 g/mol. The van der Waals surface area contributed by atoms with Gasteiger partial charge in [0.2, 0.25) is 0 Å². The number of thiazole rings is 1. The normalized spacial score (nSPS) is 14.3. The maximum Gasteiger partial charge on any atom is 0.349 e. The third-order valence-electron chi connectivity index (χ3n) is 4.74. The first-order valence-electron chi connectivity index (χ1n) is 8.88. The molecular formula is C21H19N3O2S. The first-order valence-corrected chi connectivity index (χ1v) is 9.70. The van der Waals surface area contributed by atoms with Crippen LogP contribution in [-0.4, -0.2) is 15.5 Å². The fourth-order valence-electron chi connectivity index (χ4n) is 3.32. The van der Waals surface area contributed by atoms with Crippen LogP contribution in [0, 0.1) is 25.2 Å². The number of hydrogen-bond acceptors (Lipinski definition) is 5. The van der Waals surface area contributed by atoms with Crippen LogP contribution in [-0.2, 0) is 16.1 Å². The minimum atomic E-state index is -0.618. The van der Waals surface area contributed by atoms with Crippen molar-refractivity contribution in [2.24, 2.45) is 0 Å². The van der Waals surface area contributed by atoms with Gasteiger partial charge < -0.3 is 9.30 Å². The number of nitriles is 1. The molecule has 1 fully saturated rings. The summed E-state index contributed by atoms with van der Waals surface area (Å²) in [5, 5.41) is 10.1. The van der Waals surface area contributed by atoms with Crippen LogP contribution < -0.4 is 0 Å². The van der Waals surface area contributed by atoms with Crippen molar-refractivity contribution in [3.05, 3.63) is 57.9 Å². The number of carbonyl (C=O) groups excluding carboxylic acids is 1. The van der Waals surface area contributed by atoms with Crippen molar-refractivity contribution >= 4 is 33.6 Å². The molecule has 0 atom stereocenters. The lowest BCUT2D eigenvalue weighted by molar-refractivity contribution is -0.139. The Bertz CT molecular complexity index is 1060. The average Bonchev–Trinajstić information content (AvgIpc) is 3.33. The second kappa shape index (κ2) is 7.01. The molecule has 0 N–H and O–H groups in total. The second-order valence-electron chi connectivity index (χ2n) is 6.75. The Morgan fingerprint density at radius 1 is 1.41 bits per heavy atom. The maximum atomic E-state index is 12.4. The van der Waals surface area contributed by atoms with E-state index >= 15 is 0 Å². The minimum Gasteiger partial charge on any atom is -0.454 e. The van der Waals surface area contributed by atoms with Gasteiger partial charge in [0.15, 0.2) is 0 Å². The number of carbonyl (C=O) groups is 1. The number of nitrogens with zero attached hydrogens (tertiary/aromatic N) is 3. The molecule has 2 heterocycles. The van der Waals surface area contributed by atoms with E-state index in [0.29, 0.717) is 11.0 Å². The molecular weight excluding hydrogens is 358 g/mol. The minimum absolute atomic E-state index is 0.00663. The van der Waals surface area contributed by atoms with E-state index in [1.807, 2.05) is 43.3 Å². The number of fused-ring (bicyclic) bond motifs is 1. The molecule has 1 aromatic carbocycles. The molecule has 3 aromatic rings. The molecule has 6 heteroatoms. The Morgan fingerprint density at radius 2 is 2.19 bits per heavy atom. The number of rotatable bonds is 5. The Labute approximate surface area is 161 Å². The molecule has 136 valence electrons. The van der Waals surface area contributed by atoms with Crippen molar-refractivity contribution in [1.29, 1.82) is 5.26 Å². The summed E-state index contributed by atoms with van der Waals surface area (Å²) in [4.78, 5) is 16.8. The van der Waals surface area contributed by atoms with Crippen LogP contribution in [0.25, 0.3) is 16.3 Å². The summed E-state index contributed by atoms with van der Waals surface area (Å²) in [6, 6.07) is 12.3. The number of ether oxygens (including phenoxy) is 1. The zero-order chi connectivity index (χ0) is 19.0. The summed E-state index contributed by atoms with van der Waals surface area (Å²) in [6.07, 6.45) is 4.01. The van der Waals surface area contributed by atoms with Gasteiger partial charge in [-0.2, -0.15) is 5.26 Å². The molecule has 0 saturated heterocycles. The Kier molecular flexibility index (Phi) is 4.54. The molecule has 1 saturated carbocycles. The van der Waals surface area contributed by atoms with Crippen molar-refractivity contribution in [3.63, 3.8) is 0 Å². The molecule has 5 nitrogen and oxygen atoms in total. The van der Waals surface area contributed by atoms with Crippen molar-refractivity contribution in [2.75, 3.05) is 0 Å². The van der Waals surface area contributed by atoms with Gasteiger partial charge in [-0.1, -0.05) is 12.1 Å². The fraction of sp³-hybridized carbons (Fsp3) is 0.286. The third-order valence-corrected chi connectivity index (χ3v) is 5.75. The lowest BCUT2D eigenvalue weighted by Gasteiger charge is -2.06. The average molecular weight is 377 g/mol. The van der Waals surface area contributed by atoms with Gasteiger partial charge in [-0.3, -0.25) is 0 Å². The van der Waals surface area contributed by atoms with Crippen LogP contribution >= 0.6 is 11.3 Å². The van der Waals surface area contributed by atoms with E-state index in [0.717, 1.165) is 27.2 Å². The Balaban J connectivity index is 1.50. The van der Waals surface area contributed by atoms with Crippen molar-refractivity contribution in [2.45, 2.75) is 39.3 Å². The molecule has 0 aliphatic heterocycles. The van der Waals surface area contributed by atoms with Crippen LogP contribution in [0.5, 0.6) is 0 Å². The van der Waals surface area contributed by atoms with Crippen molar-refractivity contribution in [3.8, 4) is 6.07 Å². The standard InChI is InChI=1S/C21H19N3O2S/c1-13-9-15(14(2)24(13)17-7-8-17)10-16(11-22)21(25)26-12-20-23-18-5-3-4-6-19(18)27-20/h3-6,9-10,17H,7-8,12H2,1-2H3/b16-10+. The van der Waals surface area contributed by atoms with Crippen molar-refractivity contribution < 1.29 is 9.53 Å². The molecule has 2 aromatic heterocycles. The highest BCUT2D eigenvalue weighted by Crippen LogP contribution is 2.38. The summed E-state index contributed by atoms with van der Waals surface area (Å²) in [7, 11) is 0. The molecule has 0 amide bonds. The van der Waals surface area contributed by atoms with E-state index in [9.17, 15) is 10.1 Å². The second-order valence-corrected chi connectivity index (χ2v) is 7.86. The summed E-state index contributed by atoms with van der Waals surface area (Å²) in [5.41, 5.74) is 4.03. The lowest BCUT2D eigenvalue weighted by atomic mass is 10.1. The topological polar surface area (TPSA) is 67.9 Å². The summed E-state index contributed by atoms with van der Waals surface area (Å²) in [6.45, 7) is 4.15. The molecule has 0 unspecified atom stereocenters. The number of benzene rings is 1. The predicted octanol–water partition coefficient (Wildman–Crippen LogP) is 4.70. The van der Waals surface area contributed by atoms with E-state index < -0.39 is 5.97 Å². The van der Waals surface area contributed by atoms with E-state index in [1.165, 1.54) is 24.2 Å². The molecule has 1 aliphatic carbocycles. The zero-order valence-electron chi connectivity index (χ0n) is 15.2. The highest BCUT2D eigenvalue weighted by molar-refractivity contribution is 7.18. The van der Waals surface area contributed by atoms with Gasteiger partial charge in [-0.15, -0.1) is 11.3 Å². The number of hydrogen-bond donors (Lipinski definition) is 0. The van der Waals surface area contributed by atoms with Gasteiger partial charge in [0.25, 0.3) is 0 Å². The molecule has 4 rings (SSSR count). The van der Waals surface area contributed by atoms with Crippen LogP contribution in [0.1, 0.15) is 40.8 Å². The summed E-state index contributed by atoms with van der Waals surface area (Å²) in [5.74, 6) is -0.618. The highest BCUT2D eigenvalue weighted by Gasteiger charge is 2.27. The Hall–Kier alpha value is -2.91. The SMILES string of the molecule is Cc1cc(/C=C(\C#N)C(=O)OCc2nc3ccccc3s2)c(C)n1C1CC1. The molecule has 1 aliphatic rings. The predicted molar refractivity (Wildman–Crippen MR) is 105 cm³/mol. The Morgan fingerprint density at radius 3 is 2.89 bits per heavy atom. The van der Waals surface area contributed by atoms with Crippen LogP contribution in [0.4, 0.5) is 0 Å². The first kappa shape index (κ1) is 17.5. The van der Waals surface area contributed by atoms with Gasteiger partial charge in [0, 0.05) is 17.4 Å². The van der Waals surface area contributed by atoms with E-state index in [-0.39, 0.29) is 12.2 Å². The molecule has 0 spiro atoms.